The first-order valence-corrected chi connectivity index (χ1v) is 9.50. The van der Waals surface area contributed by atoms with E-state index >= 15 is 0 Å². The molecule has 122 valence electrons. The third-order valence-corrected chi connectivity index (χ3v) is 8.33. The lowest BCUT2D eigenvalue weighted by Gasteiger charge is -2.29. The molecule has 0 aromatic heterocycles. The Bertz CT molecular complexity index is 461. The summed E-state index contributed by atoms with van der Waals surface area (Å²) in [5.41, 5.74) is 0. The molecular weight excluding hydrogens is 312 g/mol. The van der Waals surface area contributed by atoms with Gasteiger partial charge in [0, 0.05) is 11.5 Å². The SMILES string of the molecule is CCS(=O)(=O)C(C(O)C(O)C(O)C(C)O)S(=O)(=O)CC. The van der Waals surface area contributed by atoms with Crippen molar-refractivity contribution in [2.75, 3.05) is 11.5 Å². The minimum Gasteiger partial charge on any atom is -0.391 e. The Labute approximate surface area is 118 Å². The number of sulfone groups is 2. The number of hydrogen-bond donors (Lipinski definition) is 4. The molecule has 20 heavy (non-hydrogen) atoms. The molecule has 0 aromatic carbocycles. The molecule has 0 aromatic rings. The van der Waals surface area contributed by atoms with Gasteiger partial charge < -0.3 is 20.4 Å². The minimum atomic E-state index is -4.22. The van der Waals surface area contributed by atoms with Gasteiger partial charge in [-0.2, -0.15) is 0 Å². The molecule has 10 heteroatoms. The molecule has 0 amide bonds. The topological polar surface area (TPSA) is 149 Å². The van der Waals surface area contributed by atoms with Gasteiger partial charge in [-0.25, -0.2) is 16.8 Å². The largest absolute Gasteiger partial charge is 0.391 e. The molecule has 0 spiro atoms. The summed E-state index contributed by atoms with van der Waals surface area (Å²) in [4.78, 5) is 0. The zero-order valence-electron chi connectivity index (χ0n) is 11.5. The zero-order valence-corrected chi connectivity index (χ0v) is 13.2. The van der Waals surface area contributed by atoms with Crippen LogP contribution in [0.2, 0.25) is 0 Å². The Kier molecular flexibility index (Phi) is 7.05. The number of aliphatic hydroxyl groups excluding tert-OH is 4. The fraction of sp³-hybridized carbons (Fsp3) is 1.00. The highest BCUT2D eigenvalue weighted by Gasteiger charge is 2.46. The smallest absolute Gasteiger partial charge is 0.191 e. The summed E-state index contributed by atoms with van der Waals surface area (Å²) in [7, 11) is -8.45. The summed E-state index contributed by atoms with van der Waals surface area (Å²) in [6.07, 6.45) is -7.70. The molecule has 0 aliphatic rings. The second-order valence-corrected chi connectivity index (χ2v) is 9.60. The minimum absolute atomic E-state index is 0.550. The van der Waals surface area contributed by atoms with E-state index in [0.717, 1.165) is 6.92 Å². The molecule has 0 saturated carbocycles. The van der Waals surface area contributed by atoms with Crippen molar-refractivity contribution in [1.29, 1.82) is 0 Å². The first-order chi connectivity index (χ1) is 8.92. The van der Waals surface area contributed by atoms with Crippen LogP contribution in [0.4, 0.5) is 0 Å². The van der Waals surface area contributed by atoms with E-state index in [-0.39, 0.29) is 0 Å². The second-order valence-electron chi connectivity index (χ2n) is 4.48. The van der Waals surface area contributed by atoms with Crippen molar-refractivity contribution in [3.63, 3.8) is 0 Å². The van der Waals surface area contributed by atoms with Gasteiger partial charge in [0.15, 0.2) is 24.3 Å². The van der Waals surface area contributed by atoms with Crippen LogP contribution in [0.25, 0.3) is 0 Å². The van der Waals surface area contributed by atoms with Crippen LogP contribution in [-0.4, -0.2) is 77.8 Å². The van der Waals surface area contributed by atoms with Crippen molar-refractivity contribution in [3.05, 3.63) is 0 Å². The highest BCUT2D eigenvalue weighted by molar-refractivity contribution is 8.09. The van der Waals surface area contributed by atoms with Crippen molar-refractivity contribution < 1.29 is 37.3 Å². The lowest BCUT2D eigenvalue weighted by Crippen LogP contribution is -2.53. The Morgan fingerprint density at radius 3 is 1.35 bits per heavy atom. The molecule has 0 heterocycles. The van der Waals surface area contributed by atoms with Crippen LogP contribution in [0.1, 0.15) is 20.8 Å². The van der Waals surface area contributed by atoms with Gasteiger partial charge in [-0.1, -0.05) is 13.8 Å². The lowest BCUT2D eigenvalue weighted by molar-refractivity contribution is -0.0960. The van der Waals surface area contributed by atoms with Gasteiger partial charge in [-0.3, -0.25) is 0 Å². The van der Waals surface area contributed by atoms with Crippen LogP contribution in [0.15, 0.2) is 0 Å². The number of rotatable bonds is 8. The van der Waals surface area contributed by atoms with Crippen LogP contribution >= 0.6 is 0 Å². The van der Waals surface area contributed by atoms with Gasteiger partial charge in [-0.15, -0.1) is 0 Å². The fourth-order valence-electron chi connectivity index (χ4n) is 1.63. The predicted molar refractivity (Wildman–Crippen MR) is 72.4 cm³/mol. The van der Waals surface area contributed by atoms with E-state index in [1.807, 2.05) is 0 Å². The van der Waals surface area contributed by atoms with Crippen LogP contribution in [0.3, 0.4) is 0 Å². The van der Waals surface area contributed by atoms with Gasteiger partial charge in [0.1, 0.15) is 18.3 Å². The van der Waals surface area contributed by atoms with Gasteiger partial charge in [0.25, 0.3) is 0 Å². The number of hydrogen-bond acceptors (Lipinski definition) is 8. The summed E-state index contributed by atoms with van der Waals surface area (Å²) in [5.74, 6) is -1.10. The molecule has 4 unspecified atom stereocenters. The number of aliphatic hydroxyl groups is 4. The van der Waals surface area contributed by atoms with Crippen molar-refractivity contribution >= 4 is 19.7 Å². The van der Waals surface area contributed by atoms with Crippen molar-refractivity contribution in [3.8, 4) is 0 Å². The summed E-state index contributed by atoms with van der Waals surface area (Å²) in [6.45, 7) is 3.52. The molecule has 8 nitrogen and oxygen atoms in total. The monoisotopic (exact) mass is 334 g/mol. The van der Waals surface area contributed by atoms with Crippen LogP contribution < -0.4 is 0 Å². The van der Waals surface area contributed by atoms with E-state index in [9.17, 15) is 32.2 Å². The molecule has 0 aliphatic heterocycles. The Morgan fingerprint density at radius 1 is 0.750 bits per heavy atom. The van der Waals surface area contributed by atoms with Gasteiger partial charge in [0.2, 0.25) is 0 Å². The Hall–Kier alpha value is -0.260. The van der Waals surface area contributed by atoms with Crippen LogP contribution in [0, 0.1) is 0 Å². The fourth-order valence-corrected chi connectivity index (χ4v) is 6.06. The third kappa shape index (κ3) is 4.37. The maximum absolute atomic E-state index is 11.8. The van der Waals surface area contributed by atoms with E-state index in [4.69, 9.17) is 5.11 Å². The summed E-state index contributed by atoms with van der Waals surface area (Å²) < 4.78 is 45.2. The molecule has 4 atom stereocenters. The molecule has 0 bridgehead atoms. The molecule has 0 saturated heterocycles. The average Bonchev–Trinajstić information content (AvgIpc) is 2.36. The van der Waals surface area contributed by atoms with E-state index in [2.05, 4.69) is 0 Å². The van der Waals surface area contributed by atoms with E-state index in [0.29, 0.717) is 0 Å². The maximum Gasteiger partial charge on any atom is 0.191 e. The molecule has 0 rings (SSSR count). The first-order valence-electron chi connectivity index (χ1n) is 6.07. The van der Waals surface area contributed by atoms with Crippen molar-refractivity contribution in [1.82, 2.24) is 0 Å². The molecular formula is C10H22O8S2. The van der Waals surface area contributed by atoms with Crippen molar-refractivity contribution in [2.24, 2.45) is 0 Å². The standard InChI is InChI=1S/C10H22O8S2/c1-4-19(15,16)10(20(17,18)5-2)9(14)8(13)7(12)6(3)11/h6-14H,4-5H2,1-3H3. The first kappa shape index (κ1) is 19.7. The second kappa shape index (κ2) is 7.14. The van der Waals surface area contributed by atoms with Gasteiger partial charge >= 0.3 is 0 Å². The normalized spacial score (nSPS) is 19.6. The summed E-state index contributed by atoms with van der Waals surface area (Å²) in [6, 6.07) is 0. The van der Waals surface area contributed by atoms with Crippen LogP contribution in [0.5, 0.6) is 0 Å². The third-order valence-electron chi connectivity index (χ3n) is 2.99. The molecule has 0 aliphatic carbocycles. The maximum atomic E-state index is 11.8. The quantitative estimate of drug-likeness (QED) is 0.385. The van der Waals surface area contributed by atoms with Crippen LogP contribution in [-0.2, 0) is 19.7 Å². The van der Waals surface area contributed by atoms with E-state index in [1.54, 1.807) is 0 Å². The Balaban J connectivity index is 5.70. The molecule has 0 fully saturated rings. The highest BCUT2D eigenvalue weighted by Crippen LogP contribution is 2.21. The highest BCUT2D eigenvalue weighted by atomic mass is 32.3. The van der Waals surface area contributed by atoms with Gasteiger partial charge in [-0.05, 0) is 6.92 Å². The summed E-state index contributed by atoms with van der Waals surface area (Å²) >= 11 is 0. The van der Waals surface area contributed by atoms with E-state index in [1.165, 1.54) is 13.8 Å². The van der Waals surface area contributed by atoms with Crippen molar-refractivity contribution in [2.45, 2.75) is 49.8 Å². The zero-order chi connectivity index (χ0) is 16.3. The summed E-state index contributed by atoms with van der Waals surface area (Å²) in [5, 5.41) is 38.1. The molecule has 0 radical (unpaired) electrons. The van der Waals surface area contributed by atoms with Gasteiger partial charge in [0.05, 0.1) is 6.10 Å². The lowest BCUT2D eigenvalue weighted by atomic mass is 10.1. The van der Waals surface area contributed by atoms with E-state index < -0.39 is 60.2 Å². The average molecular weight is 334 g/mol. The Morgan fingerprint density at radius 2 is 1.10 bits per heavy atom. The predicted octanol–water partition coefficient (Wildman–Crippen LogP) is -2.35. The molecule has 4 N–H and O–H groups in total.